The van der Waals surface area contributed by atoms with E-state index in [-0.39, 0.29) is 24.3 Å². The van der Waals surface area contributed by atoms with Crippen molar-refractivity contribution in [3.05, 3.63) is 24.3 Å². The lowest BCUT2D eigenvalue weighted by Crippen LogP contribution is -2.53. The second-order valence-electron chi connectivity index (χ2n) is 6.09. The number of fused-ring (bicyclic) bond motifs is 1. The summed E-state index contributed by atoms with van der Waals surface area (Å²) in [6.45, 7) is 2.55. The van der Waals surface area contributed by atoms with Crippen LogP contribution in [0.15, 0.2) is 29.2 Å². The summed E-state index contributed by atoms with van der Waals surface area (Å²) in [5.74, 6) is -0.308. The highest BCUT2D eigenvalue weighted by atomic mass is 32.2. The molecule has 0 radical (unpaired) electrons. The molecule has 0 N–H and O–H groups in total. The molecule has 2 amide bonds. The Kier molecular flexibility index (Phi) is 5.63. The van der Waals surface area contributed by atoms with E-state index in [2.05, 4.69) is 0 Å². The van der Waals surface area contributed by atoms with Crippen LogP contribution in [0.1, 0.15) is 26.2 Å². The second-order valence-corrected chi connectivity index (χ2v) is 7.10. The number of likely N-dealkylation sites (tertiary alicyclic amines) is 1. The van der Waals surface area contributed by atoms with Gasteiger partial charge in [0.1, 0.15) is 12.6 Å². The van der Waals surface area contributed by atoms with Crippen molar-refractivity contribution in [3.63, 3.8) is 0 Å². The van der Waals surface area contributed by atoms with Crippen molar-refractivity contribution in [1.82, 2.24) is 4.90 Å². The molecule has 0 spiro atoms. The van der Waals surface area contributed by atoms with Crippen LogP contribution in [0.2, 0.25) is 0 Å². The van der Waals surface area contributed by atoms with Crippen LogP contribution in [0.4, 0.5) is 5.69 Å². The molecule has 6 nitrogen and oxygen atoms in total. The summed E-state index contributed by atoms with van der Waals surface area (Å²) in [5, 5.41) is 0. The minimum atomic E-state index is -0.536. The second kappa shape index (κ2) is 7.91. The molecule has 7 heteroatoms. The third kappa shape index (κ3) is 3.81. The predicted molar refractivity (Wildman–Crippen MR) is 95.5 cm³/mol. The van der Waals surface area contributed by atoms with E-state index in [0.29, 0.717) is 25.3 Å². The van der Waals surface area contributed by atoms with E-state index in [9.17, 15) is 14.4 Å². The van der Waals surface area contributed by atoms with Crippen LogP contribution in [0.25, 0.3) is 0 Å². The van der Waals surface area contributed by atoms with Gasteiger partial charge in [0.15, 0.2) is 0 Å². The van der Waals surface area contributed by atoms with Gasteiger partial charge < -0.3 is 14.5 Å². The minimum absolute atomic E-state index is 0.0354. The summed E-state index contributed by atoms with van der Waals surface area (Å²) < 4.78 is 5.11. The van der Waals surface area contributed by atoms with Crippen LogP contribution in [0.3, 0.4) is 0 Å². The maximum Gasteiger partial charge on any atom is 0.328 e. The first-order valence-electron chi connectivity index (χ1n) is 8.60. The zero-order valence-corrected chi connectivity index (χ0v) is 15.1. The number of carbonyl (C=O) groups is 3. The van der Waals surface area contributed by atoms with Gasteiger partial charge in [0, 0.05) is 11.4 Å². The fourth-order valence-electron chi connectivity index (χ4n) is 3.27. The third-order valence-corrected chi connectivity index (χ3v) is 5.53. The van der Waals surface area contributed by atoms with Crippen LogP contribution in [0, 0.1) is 0 Å². The number of hydrogen-bond acceptors (Lipinski definition) is 5. The average molecular weight is 362 g/mol. The zero-order chi connectivity index (χ0) is 17.8. The number of esters is 1. The maximum atomic E-state index is 12.9. The first kappa shape index (κ1) is 17.8. The molecule has 1 aromatic rings. The maximum absolute atomic E-state index is 12.9. The van der Waals surface area contributed by atoms with E-state index in [1.165, 1.54) is 16.7 Å². The van der Waals surface area contributed by atoms with Gasteiger partial charge in [0.05, 0.1) is 18.0 Å². The van der Waals surface area contributed by atoms with E-state index >= 15 is 0 Å². The van der Waals surface area contributed by atoms with Crippen molar-refractivity contribution in [1.29, 1.82) is 0 Å². The number of ether oxygens (including phenoxy) is 1. The topological polar surface area (TPSA) is 66.9 Å². The van der Waals surface area contributed by atoms with Gasteiger partial charge in [-0.1, -0.05) is 12.1 Å². The molecule has 1 aromatic carbocycles. The first-order chi connectivity index (χ1) is 12.1. The summed E-state index contributed by atoms with van der Waals surface area (Å²) in [6.07, 6.45) is 2.38. The van der Waals surface area contributed by atoms with Gasteiger partial charge in [-0.25, -0.2) is 4.79 Å². The number of amides is 2. The number of carbonyl (C=O) groups excluding carboxylic acids is 3. The largest absolute Gasteiger partial charge is 0.464 e. The summed E-state index contributed by atoms with van der Waals surface area (Å²) in [7, 11) is 0. The number of piperidine rings is 1. The number of nitrogens with zero attached hydrogens (tertiary/aromatic N) is 2. The van der Waals surface area contributed by atoms with Gasteiger partial charge >= 0.3 is 5.97 Å². The molecule has 0 saturated carbocycles. The monoisotopic (exact) mass is 362 g/mol. The van der Waals surface area contributed by atoms with E-state index in [0.717, 1.165) is 23.4 Å². The van der Waals surface area contributed by atoms with Crippen LogP contribution >= 0.6 is 11.8 Å². The lowest BCUT2D eigenvalue weighted by molar-refractivity contribution is -0.156. The number of benzene rings is 1. The van der Waals surface area contributed by atoms with Gasteiger partial charge in [-0.3, -0.25) is 9.59 Å². The molecule has 1 atom stereocenters. The minimum Gasteiger partial charge on any atom is -0.464 e. The fourth-order valence-corrected chi connectivity index (χ4v) is 4.20. The zero-order valence-electron chi connectivity index (χ0n) is 14.3. The summed E-state index contributed by atoms with van der Waals surface area (Å²) in [5.41, 5.74) is 0.766. The van der Waals surface area contributed by atoms with Crippen molar-refractivity contribution in [2.24, 2.45) is 0 Å². The van der Waals surface area contributed by atoms with Crippen LogP contribution in [-0.4, -0.2) is 54.2 Å². The molecule has 0 bridgehead atoms. The molecule has 2 aliphatic heterocycles. The Balaban J connectivity index is 1.76. The molecular weight excluding hydrogens is 340 g/mol. The van der Waals surface area contributed by atoms with Crippen molar-refractivity contribution < 1.29 is 19.1 Å². The number of rotatable bonds is 4. The van der Waals surface area contributed by atoms with Crippen LogP contribution in [-0.2, 0) is 19.1 Å². The molecular formula is C18H22N2O4S. The summed E-state index contributed by atoms with van der Waals surface area (Å²) in [6, 6.07) is 7.05. The van der Waals surface area contributed by atoms with Crippen molar-refractivity contribution in [3.8, 4) is 0 Å². The van der Waals surface area contributed by atoms with Gasteiger partial charge in [-0.15, -0.1) is 11.8 Å². The number of thioether (sulfide) groups is 1. The molecule has 1 fully saturated rings. The highest BCUT2D eigenvalue weighted by Gasteiger charge is 2.35. The molecule has 2 heterocycles. The fraction of sp³-hybridized carbons (Fsp3) is 0.500. The summed E-state index contributed by atoms with van der Waals surface area (Å²) in [4.78, 5) is 41.5. The number of para-hydroxylation sites is 1. The lowest BCUT2D eigenvalue weighted by atomic mass is 10.0. The Bertz CT molecular complexity index is 679. The highest BCUT2D eigenvalue weighted by Crippen LogP contribution is 2.35. The van der Waals surface area contributed by atoms with E-state index in [1.54, 1.807) is 11.8 Å². The highest BCUT2D eigenvalue weighted by molar-refractivity contribution is 8.00. The number of hydrogen-bond donors (Lipinski definition) is 0. The normalized spacial score (nSPS) is 20.2. The molecule has 134 valence electrons. The van der Waals surface area contributed by atoms with Crippen LogP contribution in [0.5, 0.6) is 0 Å². The van der Waals surface area contributed by atoms with Crippen molar-refractivity contribution in [2.75, 3.05) is 30.3 Å². The van der Waals surface area contributed by atoms with Gasteiger partial charge in [0.2, 0.25) is 11.8 Å². The molecule has 25 heavy (non-hydrogen) atoms. The Morgan fingerprint density at radius 1 is 1.28 bits per heavy atom. The standard InChI is InChI=1S/C18H22N2O4S/c1-2-24-18(23)14-8-5-6-10-19(14)16(21)11-20-13-7-3-4-9-15(13)25-12-17(20)22/h3-4,7,9,14H,2,5-6,8,10-12H2,1H3. The van der Waals surface area contributed by atoms with Crippen LogP contribution < -0.4 is 4.90 Å². The molecule has 0 aliphatic carbocycles. The smallest absolute Gasteiger partial charge is 0.328 e. The summed E-state index contributed by atoms with van der Waals surface area (Å²) >= 11 is 1.49. The Labute approximate surface area is 151 Å². The van der Waals surface area contributed by atoms with Crippen molar-refractivity contribution in [2.45, 2.75) is 37.1 Å². The van der Waals surface area contributed by atoms with E-state index in [1.807, 2.05) is 24.3 Å². The van der Waals surface area contributed by atoms with Gasteiger partial charge in [-0.2, -0.15) is 0 Å². The first-order valence-corrected chi connectivity index (χ1v) is 9.58. The van der Waals surface area contributed by atoms with E-state index < -0.39 is 6.04 Å². The SMILES string of the molecule is CCOC(=O)C1CCCCN1C(=O)CN1C(=O)CSc2ccccc21. The third-order valence-electron chi connectivity index (χ3n) is 4.48. The molecule has 1 saturated heterocycles. The van der Waals surface area contributed by atoms with E-state index in [4.69, 9.17) is 4.74 Å². The Morgan fingerprint density at radius 2 is 2.08 bits per heavy atom. The Morgan fingerprint density at radius 3 is 2.88 bits per heavy atom. The molecule has 0 aromatic heterocycles. The van der Waals surface area contributed by atoms with Crippen molar-refractivity contribution >= 4 is 35.2 Å². The Hall–Kier alpha value is -2.02. The van der Waals surface area contributed by atoms with Gasteiger partial charge in [-0.05, 0) is 38.3 Å². The molecule has 1 unspecified atom stereocenters. The average Bonchev–Trinajstić information content (AvgIpc) is 2.64. The predicted octanol–water partition coefficient (Wildman–Crippen LogP) is 2.07. The number of anilines is 1. The quantitative estimate of drug-likeness (QED) is 0.767. The van der Waals surface area contributed by atoms with Gasteiger partial charge in [0.25, 0.3) is 0 Å². The molecule has 3 rings (SSSR count). The molecule has 2 aliphatic rings. The lowest BCUT2D eigenvalue weighted by Gasteiger charge is -2.36.